The van der Waals surface area contributed by atoms with Crippen molar-refractivity contribution in [3.05, 3.63) is 24.0 Å². The molecule has 1 saturated carbocycles. The highest BCUT2D eigenvalue weighted by molar-refractivity contribution is 7.90. The number of ether oxygens (including phenoxy) is 1. The van der Waals surface area contributed by atoms with Gasteiger partial charge in [0.1, 0.15) is 11.4 Å². The van der Waals surface area contributed by atoms with Gasteiger partial charge in [-0.15, -0.1) is 0 Å². The van der Waals surface area contributed by atoms with Crippen LogP contribution in [0.5, 0.6) is 0 Å². The van der Waals surface area contributed by atoms with Gasteiger partial charge in [0.15, 0.2) is 9.84 Å². The Morgan fingerprint density at radius 1 is 1.12 bits per heavy atom. The molecule has 2 fully saturated rings. The molecule has 32 heavy (non-hydrogen) atoms. The summed E-state index contributed by atoms with van der Waals surface area (Å²) in [4.78, 5) is 16.5. The lowest BCUT2D eigenvalue weighted by Gasteiger charge is -2.42. The summed E-state index contributed by atoms with van der Waals surface area (Å²) in [5.74, 6) is -0.0762. The summed E-state index contributed by atoms with van der Waals surface area (Å²) < 4.78 is 42.8. The van der Waals surface area contributed by atoms with Gasteiger partial charge in [0.25, 0.3) is 0 Å². The Morgan fingerprint density at radius 2 is 1.75 bits per heavy atom. The van der Waals surface area contributed by atoms with E-state index in [4.69, 9.17) is 4.74 Å². The lowest BCUT2D eigenvalue weighted by Crippen LogP contribution is -2.53. The molecule has 180 valence electrons. The SMILES string of the molecule is CC(C)(C)OC(=O)N1CCN(C2CCC(CNc3ccc(S(C)(=O)=O)cc3F)CC2)CC1. The van der Waals surface area contributed by atoms with Gasteiger partial charge >= 0.3 is 6.09 Å². The van der Waals surface area contributed by atoms with E-state index in [9.17, 15) is 17.6 Å². The molecule has 1 aromatic rings. The molecular formula is C23H36FN3O4S. The number of hydrogen-bond donors (Lipinski definition) is 1. The van der Waals surface area contributed by atoms with E-state index in [1.54, 1.807) is 4.90 Å². The summed E-state index contributed by atoms with van der Waals surface area (Å²) in [7, 11) is -3.41. The third-order valence-corrected chi connectivity index (χ3v) is 7.36. The third kappa shape index (κ3) is 6.81. The fraction of sp³-hybridized carbons (Fsp3) is 0.696. The average molecular weight is 470 g/mol. The molecule has 0 aromatic heterocycles. The fourth-order valence-corrected chi connectivity index (χ4v) is 5.07. The van der Waals surface area contributed by atoms with Gasteiger partial charge in [-0.05, 0) is 70.6 Å². The van der Waals surface area contributed by atoms with Crippen molar-refractivity contribution in [2.75, 3.05) is 44.3 Å². The quantitative estimate of drug-likeness (QED) is 0.708. The topological polar surface area (TPSA) is 79.0 Å². The zero-order valence-electron chi connectivity index (χ0n) is 19.6. The van der Waals surface area contributed by atoms with E-state index >= 15 is 0 Å². The summed E-state index contributed by atoms with van der Waals surface area (Å²) in [6.45, 7) is 9.44. The molecule has 0 bridgehead atoms. The minimum Gasteiger partial charge on any atom is -0.444 e. The van der Waals surface area contributed by atoms with Crippen molar-refractivity contribution >= 4 is 21.6 Å². The fourth-order valence-electron chi connectivity index (χ4n) is 4.43. The highest BCUT2D eigenvalue weighted by Crippen LogP contribution is 2.29. The molecule has 9 heteroatoms. The number of anilines is 1. The first kappa shape index (κ1) is 24.8. The Morgan fingerprint density at radius 3 is 2.28 bits per heavy atom. The summed E-state index contributed by atoms with van der Waals surface area (Å²) in [6.07, 6.45) is 5.15. The molecule has 1 saturated heterocycles. The van der Waals surface area contributed by atoms with Crippen molar-refractivity contribution in [2.45, 2.75) is 63.0 Å². The van der Waals surface area contributed by atoms with Crippen LogP contribution in [0.25, 0.3) is 0 Å². The number of halogens is 1. The second kappa shape index (κ2) is 9.95. The maximum absolute atomic E-state index is 14.2. The number of amides is 1. The van der Waals surface area contributed by atoms with E-state index in [0.717, 1.165) is 51.1 Å². The van der Waals surface area contributed by atoms with Gasteiger partial charge in [-0.3, -0.25) is 4.90 Å². The molecule has 1 amide bonds. The Kier molecular flexibility index (Phi) is 7.70. The number of nitrogens with one attached hydrogen (secondary N) is 1. The van der Waals surface area contributed by atoms with Gasteiger partial charge in [0.05, 0.1) is 10.6 Å². The van der Waals surface area contributed by atoms with Gasteiger partial charge in [-0.1, -0.05) is 0 Å². The van der Waals surface area contributed by atoms with E-state index in [2.05, 4.69) is 10.2 Å². The summed E-state index contributed by atoms with van der Waals surface area (Å²) in [5.41, 5.74) is -0.128. The van der Waals surface area contributed by atoms with Crippen molar-refractivity contribution in [1.29, 1.82) is 0 Å². The van der Waals surface area contributed by atoms with E-state index in [-0.39, 0.29) is 11.0 Å². The number of rotatable bonds is 5. The van der Waals surface area contributed by atoms with Crippen LogP contribution in [0.1, 0.15) is 46.5 Å². The zero-order valence-corrected chi connectivity index (χ0v) is 20.4. The summed E-state index contributed by atoms with van der Waals surface area (Å²) in [6, 6.07) is 4.54. The van der Waals surface area contributed by atoms with E-state index < -0.39 is 21.3 Å². The number of carbonyl (C=O) groups is 1. The van der Waals surface area contributed by atoms with Crippen molar-refractivity contribution in [3.63, 3.8) is 0 Å². The largest absolute Gasteiger partial charge is 0.444 e. The minimum absolute atomic E-state index is 0.00664. The molecule has 0 spiro atoms. The van der Waals surface area contributed by atoms with E-state index in [1.165, 1.54) is 12.1 Å². The highest BCUT2D eigenvalue weighted by atomic mass is 32.2. The molecule has 1 aliphatic carbocycles. The van der Waals surface area contributed by atoms with Gasteiger partial charge in [-0.2, -0.15) is 0 Å². The van der Waals surface area contributed by atoms with Crippen LogP contribution >= 0.6 is 0 Å². The smallest absolute Gasteiger partial charge is 0.410 e. The molecule has 1 heterocycles. The van der Waals surface area contributed by atoms with Crippen LogP contribution in [0, 0.1) is 11.7 Å². The van der Waals surface area contributed by atoms with Crippen LogP contribution in [0.3, 0.4) is 0 Å². The first-order chi connectivity index (χ1) is 14.9. The summed E-state index contributed by atoms with van der Waals surface area (Å²) >= 11 is 0. The predicted octanol–water partition coefficient (Wildman–Crippen LogP) is 3.75. The van der Waals surface area contributed by atoms with Gasteiger partial charge in [0, 0.05) is 45.0 Å². The van der Waals surface area contributed by atoms with E-state index in [1.807, 2.05) is 20.8 Å². The van der Waals surface area contributed by atoms with Gasteiger partial charge in [0.2, 0.25) is 0 Å². The molecule has 1 N–H and O–H groups in total. The van der Waals surface area contributed by atoms with Crippen LogP contribution in [0.4, 0.5) is 14.9 Å². The van der Waals surface area contributed by atoms with Crippen LogP contribution in [-0.4, -0.2) is 74.9 Å². The predicted molar refractivity (Wildman–Crippen MR) is 123 cm³/mol. The maximum atomic E-state index is 14.2. The van der Waals surface area contributed by atoms with Crippen LogP contribution in [-0.2, 0) is 14.6 Å². The molecular weight excluding hydrogens is 433 g/mol. The van der Waals surface area contributed by atoms with Crippen molar-refractivity contribution < 1.29 is 22.3 Å². The minimum atomic E-state index is -3.41. The van der Waals surface area contributed by atoms with Gasteiger partial charge < -0.3 is 15.0 Å². The van der Waals surface area contributed by atoms with Gasteiger partial charge in [-0.25, -0.2) is 17.6 Å². The number of carbonyl (C=O) groups excluding carboxylic acids is 1. The number of sulfone groups is 1. The number of nitrogens with zero attached hydrogens (tertiary/aromatic N) is 2. The van der Waals surface area contributed by atoms with Crippen LogP contribution in [0.2, 0.25) is 0 Å². The maximum Gasteiger partial charge on any atom is 0.410 e. The monoisotopic (exact) mass is 469 g/mol. The molecule has 0 radical (unpaired) electrons. The summed E-state index contributed by atoms with van der Waals surface area (Å²) in [5, 5.41) is 3.15. The molecule has 2 aliphatic rings. The average Bonchev–Trinajstić information content (AvgIpc) is 2.71. The Bertz CT molecular complexity index is 900. The molecule has 0 atom stereocenters. The molecule has 3 rings (SSSR count). The molecule has 1 aliphatic heterocycles. The zero-order chi connectivity index (χ0) is 23.5. The standard InChI is InChI=1S/C23H36FN3O4S/c1-23(2,3)31-22(28)27-13-11-26(12-14-27)18-7-5-17(6-8-18)16-25-21-10-9-19(15-20(21)24)32(4,29)30/h9-10,15,17-18,25H,5-8,11-14,16H2,1-4H3. The highest BCUT2D eigenvalue weighted by Gasteiger charge is 2.31. The van der Waals surface area contributed by atoms with Crippen LogP contribution < -0.4 is 5.32 Å². The second-order valence-corrected chi connectivity index (χ2v) is 12.0. The number of hydrogen-bond acceptors (Lipinski definition) is 6. The van der Waals surface area contributed by atoms with Crippen molar-refractivity contribution in [1.82, 2.24) is 9.80 Å². The molecule has 0 unspecified atom stereocenters. The Hall–Kier alpha value is -1.87. The Balaban J connectivity index is 1.41. The van der Waals surface area contributed by atoms with Crippen molar-refractivity contribution in [2.24, 2.45) is 5.92 Å². The van der Waals surface area contributed by atoms with Crippen molar-refractivity contribution in [3.8, 4) is 0 Å². The van der Waals surface area contributed by atoms with Crippen LogP contribution in [0.15, 0.2) is 23.1 Å². The second-order valence-electron chi connectivity index (χ2n) is 9.97. The number of piperazine rings is 1. The number of benzene rings is 1. The van der Waals surface area contributed by atoms with E-state index in [0.29, 0.717) is 37.3 Å². The first-order valence-corrected chi connectivity index (χ1v) is 13.3. The lowest BCUT2D eigenvalue weighted by atomic mass is 9.85. The molecule has 7 nitrogen and oxygen atoms in total. The third-order valence-electron chi connectivity index (χ3n) is 6.25. The first-order valence-electron chi connectivity index (χ1n) is 11.4. The molecule has 1 aromatic carbocycles. The Labute approximate surface area is 191 Å². The normalized spacial score (nSPS) is 23.1. The lowest BCUT2D eigenvalue weighted by molar-refractivity contribution is 0.00732.